The highest BCUT2D eigenvalue weighted by molar-refractivity contribution is 8.01. The quantitative estimate of drug-likeness (QED) is 0.477. The number of thioether (sulfide) groups is 1. The van der Waals surface area contributed by atoms with Gasteiger partial charge >= 0.3 is 0 Å². The van der Waals surface area contributed by atoms with Gasteiger partial charge in [0, 0.05) is 15.2 Å². The van der Waals surface area contributed by atoms with E-state index in [0.29, 0.717) is 9.92 Å². The molecule has 3 aromatic carbocycles. The van der Waals surface area contributed by atoms with Crippen LogP contribution >= 0.6 is 23.4 Å². The molecule has 0 heterocycles. The smallest absolute Gasteiger partial charge is 0.179 e. The summed E-state index contributed by atoms with van der Waals surface area (Å²) in [4.78, 5) is 1.35. The Morgan fingerprint density at radius 2 is 1.50 bits per heavy atom. The molecular weight excluding hydrogens is 384 g/mol. The third-order valence-electron chi connectivity index (χ3n) is 4.01. The summed E-state index contributed by atoms with van der Waals surface area (Å²) in [7, 11) is -3.43. The van der Waals surface area contributed by atoms with Crippen LogP contribution in [-0.2, 0) is 9.84 Å². The molecule has 0 radical (unpaired) electrons. The van der Waals surface area contributed by atoms with Crippen molar-refractivity contribution < 1.29 is 8.42 Å². The molecule has 0 amide bonds. The van der Waals surface area contributed by atoms with Crippen LogP contribution in [0.15, 0.2) is 88.7 Å². The molecule has 0 saturated carbocycles. The molecule has 1 atom stereocenters. The van der Waals surface area contributed by atoms with Crippen LogP contribution in [0.1, 0.15) is 16.4 Å². The fourth-order valence-corrected chi connectivity index (χ4v) is 5.77. The molecular formula is C21H19ClO2S2. The van der Waals surface area contributed by atoms with Gasteiger partial charge in [-0.2, -0.15) is 0 Å². The number of sulfone groups is 1. The fraction of sp³-hybridized carbons (Fsp3) is 0.143. The van der Waals surface area contributed by atoms with Crippen LogP contribution < -0.4 is 0 Å². The highest BCUT2D eigenvalue weighted by atomic mass is 35.5. The first-order valence-electron chi connectivity index (χ1n) is 8.21. The van der Waals surface area contributed by atoms with Crippen molar-refractivity contribution in [2.75, 3.05) is 5.75 Å². The average molecular weight is 403 g/mol. The number of rotatable bonds is 6. The third kappa shape index (κ3) is 4.91. The summed E-state index contributed by atoms with van der Waals surface area (Å²) in [5.74, 6) is 0.0250. The summed E-state index contributed by atoms with van der Waals surface area (Å²) in [5.41, 5.74) is 2.18. The van der Waals surface area contributed by atoms with Crippen LogP contribution in [-0.4, -0.2) is 14.2 Å². The van der Waals surface area contributed by atoms with Gasteiger partial charge in [0.05, 0.1) is 10.6 Å². The monoisotopic (exact) mass is 402 g/mol. The highest BCUT2D eigenvalue weighted by Crippen LogP contribution is 2.37. The Morgan fingerprint density at radius 1 is 0.885 bits per heavy atom. The number of halogens is 1. The van der Waals surface area contributed by atoms with Crippen molar-refractivity contribution in [3.05, 3.63) is 95.0 Å². The standard InChI is InChI=1S/C21H19ClO2S2/c1-16-7-11-19(12-8-16)25-21(17-5-3-2-4-6-17)15-26(23,24)20-13-9-18(22)10-14-20/h2-14,21H,15H2,1H3/t21-/m1/s1. The molecule has 5 heteroatoms. The Kier molecular flexibility index (Phi) is 6.07. The first-order valence-corrected chi connectivity index (χ1v) is 11.1. The van der Waals surface area contributed by atoms with E-state index in [4.69, 9.17) is 11.6 Å². The van der Waals surface area contributed by atoms with Crippen molar-refractivity contribution in [3.63, 3.8) is 0 Å². The second-order valence-electron chi connectivity index (χ2n) is 6.07. The first-order chi connectivity index (χ1) is 12.4. The van der Waals surface area contributed by atoms with Gasteiger partial charge in [-0.25, -0.2) is 8.42 Å². The van der Waals surface area contributed by atoms with Crippen molar-refractivity contribution >= 4 is 33.2 Å². The summed E-state index contributed by atoms with van der Waals surface area (Å²) in [6.07, 6.45) is 0. The fourth-order valence-electron chi connectivity index (χ4n) is 2.58. The molecule has 0 aliphatic heterocycles. The van der Waals surface area contributed by atoms with Gasteiger partial charge in [-0.05, 0) is 48.9 Å². The number of benzene rings is 3. The lowest BCUT2D eigenvalue weighted by Crippen LogP contribution is -2.13. The summed E-state index contributed by atoms with van der Waals surface area (Å²) >= 11 is 7.45. The average Bonchev–Trinajstić information content (AvgIpc) is 2.64. The molecule has 0 fully saturated rings. The van der Waals surface area contributed by atoms with E-state index < -0.39 is 9.84 Å². The van der Waals surface area contributed by atoms with Gasteiger partial charge in [0.1, 0.15) is 0 Å². The van der Waals surface area contributed by atoms with E-state index in [2.05, 4.69) is 0 Å². The van der Waals surface area contributed by atoms with E-state index in [0.717, 1.165) is 10.5 Å². The van der Waals surface area contributed by atoms with Gasteiger partial charge in [-0.1, -0.05) is 59.6 Å². The van der Waals surface area contributed by atoms with Gasteiger partial charge in [-0.3, -0.25) is 0 Å². The van der Waals surface area contributed by atoms with Gasteiger partial charge in [0.15, 0.2) is 9.84 Å². The first kappa shape index (κ1) is 19.0. The topological polar surface area (TPSA) is 34.1 Å². The molecule has 134 valence electrons. The summed E-state index contributed by atoms with van der Waals surface area (Å²) < 4.78 is 25.8. The molecule has 0 spiro atoms. The Balaban J connectivity index is 1.90. The van der Waals surface area contributed by atoms with E-state index in [1.807, 2.05) is 61.5 Å². The lowest BCUT2D eigenvalue weighted by atomic mass is 10.2. The normalized spacial score (nSPS) is 12.7. The van der Waals surface area contributed by atoms with Gasteiger partial charge in [-0.15, -0.1) is 11.8 Å². The summed E-state index contributed by atoms with van der Waals surface area (Å²) in [6, 6.07) is 24.3. The molecule has 2 nitrogen and oxygen atoms in total. The predicted octanol–water partition coefficient (Wildman–Crippen LogP) is 5.96. The van der Waals surface area contributed by atoms with E-state index >= 15 is 0 Å². The van der Waals surface area contributed by atoms with Crippen LogP contribution in [0, 0.1) is 6.92 Å². The molecule has 26 heavy (non-hydrogen) atoms. The zero-order chi connectivity index (χ0) is 18.6. The maximum Gasteiger partial charge on any atom is 0.179 e. The lowest BCUT2D eigenvalue weighted by Gasteiger charge is -2.18. The zero-order valence-electron chi connectivity index (χ0n) is 14.3. The third-order valence-corrected chi connectivity index (χ3v) is 7.51. The molecule has 0 unspecified atom stereocenters. The van der Waals surface area contributed by atoms with Crippen molar-refractivity contribution in [2.24, 2.45) is 0 Å². The molecule has 0 aromatic heterocycles. The maximum absolute atomic E-state index is 12.9. The molecule has 0 N–H and O–H groups in total. The zero-order valence-corrected chi connectivity index (χ0v) is 16.7. The van der Waals surface area contributed by atoms with Crippen molar-refractivity contribution in [1.82, 2.24) is 0 Å². The van der Waals surface area contributed by atoms with Gasteiger partial charge in [0.2, 0.25) is 0 Å². The van der Waals surface area contributed by atoms with E-state index in [9.17, 15) is 8.42 Å². The predicted molar refractivity (Wildman–Crippen MR) is 110 cm³/mol. The van der Waals surface area contributed by atoms with E-state index in [-0.39, 0.29) is 11.0 Å². The number of hydrogen-bond donors (Lipinski definition) is 0. The number of aryl methyl sites for hydroxylation is 1. The minimum Gasteiger partial charge on any atom is -0.224 e. The Hall–Kier alpha value is -1.75. The van der Waals surface area contributed by atoms with E-state index in [1.165, 1.54) is 5.56 Å². The highest BCUT2D eigenvalue weighted by Gasteiger charge is 2.23. The van der Waals surface area contributed by atoms with Crippen LogP contribution in [0.5, 0.6) is 0 Å². The van der Waals surface area contributed by atoms with Gasteiger partial charge in [0.25, 0.3) is 0 Å². The molecule has 3 aromatic rings. The van der Waals surface area contributed by atoms with Crippen LogP contribution in [0.4, 0.5) is 0 Å². The second-order valence-corrected chi connectivity index (χ2v) is 9.81. The van der Waals surface area contributed by atoms with Crippen molar-refractivity contribution in [1.29, 1.82) is 0 Å². The number of hydrogen-bond acceptors (Lipinski definition) is 3. The van der Waals surface area contributed by atoms with E-state index in [1.54, 1.807) is 36.0 Å². The summed E-state index contributed by atoms with van der Waals surface area (Å²) in [6.45, 7) is 2.04. The largest absolute Gasteiger partial charge is 0.224 e. The minimum absolute atomic E-state index is 0.0250. The Bertz CT molecular complexity index is 951. The molecule has 0 saturated heterocycles. The Morgan fingerprint density at radius 3 is 2.12 bits per heavy atom. The summed E-state index contributed by atoms with van der Waals surface area (Å²) in [5, 5.41) is 0.331. The SMILES string of the molecule is Cc1ccc(S[C@H](CS(=O)(=O)c2ccc(Cl)cc2)c2ccccc2)cc1. The van der Waals surface area contributed by atoms with Crippen molar-refractivity contribution in [3.8, 4) is 0 Å². The molecule has 0 bridgehead atoms. The molecule has 0 aliphatic carbocycles. The Labute approximate surface area is 164 Å². The lowest BCUT2D eigenvalue weighted by molar-refractivity contribution is 0.595. The molecule has 0 aliphatic rings. The van der Waals surface area contributed by atoms with Crippen LogP contribution in [0.2, 0.25) is 5.02 Å². The minimum atomic E-state index is -3.43. The second kappa shape index (κ2) is 8.30. The van der Waals surface area contributed by atoms with Crippen LogP contribution in [0.3, 0.4) is 0 Å². The van der Waals surface area contributed by atoms with Crippen LogP contribution in [0.25, 0.3) is 0 Å². The van der Waals surface area contributed by atoms with Gasteiger partial charge < -0.3 is 0 Å². The molecule has 3 rings (SSSR count). The maximum atomic E-state index is 12.9. The van der Waals surface area contributed by atoms with Crippen molar-refractivity contribution in [2.45, 2.75) is 22.0 Å².